The van der Waals surface area contributed by atoms with Gasteiger partial charge in [0.2, 0.25) is 5.91 Å². The Morgan fingerprint density at radius 3 is 2.76 bits per heavy atom. The highest BCUT2D eigenvalue weighted by Gasteiger charge is 2.26. The molecular weight excluding hydrogens is 413 g/mol. The molecule has 29 heavy (non-hydrogen) atoms. The highest BCUT2D eigenvalue weighted by Crippen LogP contribution is 2.26. The van der Waals surface area contributed by atoms with E-state index >= 15 is 0 Å². The molecule has 1 aliphatic rings. The number of carbonyl (C=O) groups excluding carboxylic acids is 1. The van der Waals surface area contributed by atoms with Gasteiger partial charge in [-0.15, -0.1) is 11.3 Å². The number of halogens is 2. The van der Waals surface area contributed by atoms with Crippen LogP contribution in [0.5, 0.6) is 0 Å². The summed E-state index contributed by atoms with van der Waals surface area (Å²) in [6.07, 6.45) is 0. The lowest BCUT2D eigenvalue weighted by atomic mass is 10.1. The molecule has 1 fully saturated rings. The van der Waals surface area contributed by atoms with Gasteiger partial charge in [-0.2, -0.15) is 0 Å². The number of carbonyl (C=O) groups is 1. The van der Waals surface area contributed by atoms with E-state index in [4.69, 9.17) is 16.3 Å². The van der Waals surface area contributed by atoms with E-state index in [9.17, 15) is 9.18 Å². The molecule has 0 spiro atoms. The van der Waals surface area contributed by atoms with Crippen LogP contribution in [0.4, 0.5) is 4.39 Å². The van der Waals surface area contributed by atoms with Gasteiger partial charge < -0.3 is 15.0 Å². The van der Waals surface area contributed by atoms with Crippen LogP contribution < -0.4 is 5.32 Å². The van der Waals surface area contributed by atoms with Crippen molar-refractivity contribution in [3.05, 3.63) is 57.0 Å². The first kappa shape index (κ1) is 22.2. The fourth-order valence-electron chi connectivity index (χ4n) is 3.48. The summed E-state index contributed by atoms with van der Waals surface area (Å²) < 4.78 is 19.5. The average molecular weight is 440 g/mol. The third-order valence-electron chi connectivity index (χ3n) is 5.18. The fraction of sp³-hybridized carbons (Fsp3) is 0.476. The van der Waals surface area contributed by atoms with Crippen LogP contribution in [0.2, 0.25) is 5.02 Å². The van der Waals surface area contributed by atoms with Crippen LogP contribution in [0.3, 0.4) is 0 Å². The molecule has 0 radical (unpaired) electrons. The molecule has 2 heterocycles. The number of hydrogen-bond donors (Lipinski definition) is 1. The Hall–Kier alpha value is -1.51. The highest BCUT2D eigenvalue weighted by atomic mass is 35.5. The van der Waals surface area contributed by atoms with E-state index in [2.05, 4.69) is 21.7 Å². The van der Waals surface area contributed by atoms with Gasteiger partial charge in [0.05, 0.1) is 25.3 Å². The number of nitrogens with zero attached hydrogens (tertiary/aromatic N) is 2. The van der Waals surface area contributed by atoms with Crippen LogP contribution in [0.25, 0.3) is 0 Å². The molecule has 2 unspecified atom stereocenters. The molecule has 0 aliphatic carbocycles. The number of nitrogens with one attached hydrogen (secondary N) is 1. The summed E-state index contributed by atoms with van der Waals surface area (Å²) in [4.78, 5) is 18.0. The van der Waals surface area contributed by atoms with Crippen molar-refractivity contribution in [1.29, 1.82) is 0 Å². The maximum absolute atomic E-state index is 14.0. The smallest absolute Gasteiger partial charge is 0.239 e. The van der Waals surface area contributed by atoms with E-state index < -0.39 is 11.9 Å². The molecule has 1 aromatic carbocycles. The number of amides is 1. The number of hydrogen-bond acceptors (Lipinski definition) is 5. The van der Waals surface area contributed by atoms with Gasteiger partial charge in [-0.3, -0.25) is 9.69 Å². The first-order chi connectivity index (χ1) is 14.0. The predicted molar refractivity (Wildman–Crippen MR) is 115 cm³/mol. The van der Waals surface area contributed by atoms with Crippen LogP contribution in [0.15, 0.2) is 35.7 Å². The maximum Gasteiger partial charge on any atom is 0.239 e. The Kier molecular flexibility index (Phi) is 8.03. The van der Waals surface area contributed by atoms with E-state index in [1.807, 2.05) is 13.0 Å². The zero-order valence-electron chi connectivity index (χ0n) is 16.7. The highest BCUT2D eigenvalue weighted by molar-refractivity contribution is 7.10. The molecule has 1 saturated heterocycles. The molecule has 0 bridgehead atoms. The van der Waals surface area contributed by atoms with Gasteiger partial charge in [0.1, 0.15) is 5.82 Å². The molecule has 2 aromatic rings. The molecule has 0 saturated carbocycles. The average Bonchev–Trinajstić information content (AvgIpc) is 3.25. The van der Waals surface area contributed by atoms with Crippen molar-refractivity contribution in [2.75, 3.05) is 39.9 Å². The summed E-state index contributed by atoms with van der Waals surface area (Å²) >= 11 is 7.82. The zero-order valence-corrected chi connectivity index (χ0v) is 18.3. The molecule has 158 valence electrons. The molecular formula is C21H27ClFN3O2S. The molecule has 1 amide bonds. The van der Waals surface area contributed by atoms with Crippen molar-refractivity contribution in [1.82, 2.24) is 15.1 Å². The third kappa shape index (κ3) is 5.77. The lowest BCUT2D eigenvalue weighted by molar-refractivity contribution is -0.132. The first-order valence-corrected chi connectivity index (χ1v) is 11.0. The summed E-state index contributed by atoms with van der Waals surface area (Å²) in [5, 5.41) is 5.77. The van der Waals surface area contributed by atoms with Gasteiger partial charge in [0.25, 0.3) is 0 Å². The minimum Gasteiger partial charge on any atom is -0.379 e. The number of rotatable bonds is 8. The second-order valence-corrected chi connectivity index (χ2v) is 8.59. The Morgan fingerprint density at radius 1 is 1.34 bits per heavy atom. The summed E-state index contributed by atoms with van der Waals surface area (Å²) in [6, 6.07) is 8.53. The Balaban J connectivity index is 1.60. The van der Waals surface area contributed by atoms with Gasteiger partial charge in [-0.05, 0) is 30.5 Å². The van der Waals surface area contributed by atoms with E-state index in [1.54, 1.807) is 30.5 Å². The van der Waals surface area contributed by atoms with E-state index in [0.717, 1.165) is 26.3 Å². The molecule has 1 aliphatic heterocycles. The van der Waals surface area contributed by atoms with Crippen molar-refractivity contribution >= 4 is 28.8 Å². The van der Waals surface area contributed by atoms with Crippen LogP contribution in [0.1, 0.15) is 23.4 Å². The standard InChI is InChI=1S/C21H27ClFN3O2S/c1-15(21(27)25(2)14-16-17(22)5-3-6-18(16)23)24-13-19(20-7-4-12-29-20)26-8-10-28-11-9-26/h3-7,12,15,19,24H,8-11,13-14H2,1-2H3. The van der Waals surface area contributed by atoms with Crippen molar-refractivity contribution in [2.24, 2.45) is 0 Å². The largest absolute Gasteiger partial charge is 0.379 e. The normalized spacial score (nSPS) is 17.1. The van der Waals surface area contributed by atoms with Crippen molar-refractivity contribution < 1.29 is 13.9 Å². The minimum absolute atomic E-state index is 0.101. The second kappa shape index (κ2) is 10.5. The summed E-state index contributed by atoms with van der Waals surface area (Å²) in [7, 11) is 1.67. The number of ether oxygens (including phenoxy) is 1. The molecule has 8 heteroatoms. The van der Waals surface area contributed by atoms with Gasteiger partial charge in [0.15, 0.2) is 0 Å². The van der Waals surface area contributed by atoms with E-state index in [1.165, 1.54) is 15.8 Å². The second-order valence-electron chi connectivity index (χ2n) is 7.20. The third-order valence-corrected chi connectivity index (χ3v) is 6.51. The monoisotopic (exact) mass is 439 g/mol. The van der Waals surface area contributed by atoms with Gasteiger partial charge >= 0.3 is 0 Å². The lowest BCUT2D eigenvalue weighted by Crippen LogP contribution is -2.48. The van der Waals surface area contributed by atoms with Crippen LogP contribution >= 0.6 is 22.9 Å². The summed E-state index contributed by atoms with van der Waals surface area (Å²) in [5.74, 6) is -0.501. The predicted octanol–water partition coefficient (Wildman–Crippen LogP) is 3.55. The van der Waals surface area contributed by atoms with E-state index in [0.29, 0.717) is 17.1 Å². The van der Waals surface area contributed by atoms with Crippen LogP contribution in [-0.4, -0.2) is 61.6 Å². The summed E-state index contributed by atoms with van der Waals surface area (Å²) in [5.41, 5.74) is 0.335. The molecule has 2 atom stereocenters. The molecule has 5 nitrogen and oxygen atoms in total. The Labute approximate surface area is 180 Å². The van der Waals surface area contributed by atoms with Gasteiger partial charge in [-0.25, -0.2) is 4.39 Å². The number of thiophene rings is 1. The number of likely N-dealkylation sites (N-methyl/N-ethyl adjacent to an activating group) is 1. The molecule has 1 aromatic heterocycles. The maximum atomic E-state index is 14.0. The Bertz CT molecular complexity index is 779. The van der Waals surface area contributed by atoms with Crippen molar-refractivity contribution in [2.45, 2.75) is 25.6 Å². The molecule has 3 rings (SSSR count). The SMILES string of the molecule is CC(NCC(c1cccs1)N1CCOCC1)C(=O)N(C)Cc1c(F)cccc1Cl. The number of morpholine rings is 1. The van der Waals surface area contributed by atoms with Crippen molar-refractivity contribution in [3.8, 4) is 0 Å². The van der Waals surface area contributed by atoms with E-state index in [-0.39, 0.29) is 18.5 Å². The van der Waals surface area contributed by atoms with Gasteiger partial charge in [-0.1, -0.05) is 23.7 Å². The van der Waals surface area contributed by atoms with Crippen LogP contribution in [-0.2, 0) is 16.1 Å². The topological polar surface area (TPSA) is 44.8 Å². The fourth-order valence-corrected chi connectivity index (χ4v) is 4.57. The molecule has 1 N–H and O–H groups in total. The summed E-state index contributed by atoms with van der Waals surface area (Å²) in [6.45, 7) is 5.82. The van der Waals surface area contributed by atoms with Gasteiger partial charge in [0, 0.05) is 48.7 Å². The lowest BCUT2D eigenvalue weighted by Gasteiger charge is -2.35. The first-order valence-electron chi connectivity index (χ1n) is 9.74. The van der Waals surface area contributed by atoms with Crippen molar-refractivity contribution in [3.63, 3.8) is 0 Å². The Morgan fingerprint density at radius 2 is 2.10 bits per heavy atom. The zero-order chi connectivity index (χ0) is 20.8. The number of benzene rings is 1. The quantitative estimate of drug-likeness (QED) is 0.683. The minimum atomic E-state index is -0.400. The van der Waals surface area contributed by atoms with Crippen LogP contribution in [0, 0.1) is 5.82 Å².